The van der Waals surface area contributed by atoms with Gasteiger partial charge in [-0.05, 0) is 55.5 Å². The Kier molecular flexibility index (Phi) is 7.72. The SMILES string of the molecule is COc1ccc(C2C(C(=O)NCC3(C)CCNCC3)CCC(=O)N2C)cc1.Cl. The fraction of sp³-hybridized carbons (Fsp3) is 0.619. The van der Waals surface area contributed by atoms with E-state index >= 15 is 0 Å². The molecule has 0 spiro atoms. The molecule has 2 N–H and O–H groups in total. The summed E-state index contributed by atoms with van der Waals surface area (Å²) in [7, 11) is 3.42. The molecule has 0 aliphatic carbocycles. The van der Waals surface area contributed by atoms with Crippen LogP contribution in [0, 0.1) is 11.3 Å². The van der Waals surface area contributed by atoms with Crippen molar-refractivity contribution in [3.05, 3.63) is 29.8 Å². The van der Waals surface area contributed by atoms with Gasteiger partial charge in [0.2, 0.25) is 11.8 Å². The highest BCUT2D eigenvalue weighted by molar-refractivity contribution is 5.85. The minimum absolute atomic E-state index is 0. The molecule has 0 bridgehead atoms. The maximum atomic E-state index is 13.1. The van der Waals surface area contributed by atoms with Crippen LogP contribution in [0.3, 0.4) is 0 Å². The predicted octanol–water partition coefficient (Wildman–Crippen LogP) is 2.53. The first-order chi connectivity index (χ1) is 12.9. The number of ether oxygens (including phenoxy) is 1. The zero-order valence-electron chi connectivity index (χ0n) is 17.0. The highest BCUT2D eigenvalue weighted by Crippen LogP contribution is 2.37. The van der Waals surface area contributed by atoms with Crippen LogP contribution >= 0.6 is 12.4 Å². The Labute approximate surface area is 173 Å². The molecule has 2 heterocycles. The molecule has 2 saturated heterocycles. The predicted molar refractivity (Wildman–Crippen MR) is 112 cm³/mol. The van der Waals surface area contributed by atoms with Crippen LogP contribution in [0.25, 0.3) is 0 Å². The van der Waals surface area contributed by atoms with Gasteiger partial charge in [-0.3, -0.25) is 9.59 Å². The van der Waals surface area contributed by atoms with E-state index in [2.05, 4.69) is 17.6 Å². The number of nitrogens with one attached hydrogen (secondary N) is 2. The maximum Gasteiger partial charge on any atom is 0.225 e. The van der Waals surface area contributed by atoms with Crippen LogP contribution in [0.5, 0.6) is 5.75 Å². The molecule has 156 valence electrons. The number of likely N-dealkylation sites (tertiary alicyclic amines) is 1. The Morgan fingerprint density at radius 3 is 2.54 bits per heavy atom. The number of carbonyl (C=O) groups is 2. The number of benzene rings is 1. The monoisotopic (exact) mass is 409 g/mol. The van der Waals surface area contributed by atoms with Crippen LogP contribution < -0.4 is 15.4 Å². The summed E-state index contributed by atoms with van der Waals surface area (Å²) in [6.45, 7) is 4.94. The van der Waals surface area contributed by atoms with E-state index in [1.165, 1.54) is 0 Å². The van der Waals surface area contributed by atoms with Gasteiger partial charge in [0, 0.05) is 20.0 Å². The normalized spacial score (nSPS) is 24.2. The molecule has 2 unspecified atom stereocenters. The topological polar surface area (TPSA) is 70.7 Å². The van der Waals surface area contributed by atoms with Crippen molar-refractivity contribution in [2.24, 2.45) is 11.3 Å². The van der Waals surface area contributed by atoms with Crippen LogP contribution in [-0.4, -0.2) is 50.5 Å². The lowest BCUT2D eigenvalue weighted by Crippen LogP contribution is -2.49. The van der Waals surface area contributed by atoms with Crippen molar-refractivity contribution < 1.29 is 14.3 Å². The van der Waals surface area contributed by atoms with E-state index in [1.54, 1.807) is 19.1 Å². The largest absolute Gasteiger partial charge is 0.497 e. The quantitative estimate of drug-likeness (QED) is 0.784. The zero-order valence-corrected chi connectivity index (χ0v) is 17.8. The molecule has 2 aliphatic rings. The standard InChI is InChI=1S/C21H31N3O3.ClH/c1-21(10-12-22-13-11-21)14-23-20(26)17-8-9-18(25)24(2)19(17)15-4-6-16(27-3)7-5-15;/h4-7,17,19,22H,8-14H2,1-3H3,(H,23,26);1H. The number of piperidine rings is 2. The fourth-order valence-corrected chi connectivity index (χ4v) is 4.21. The second-order valence-corrected chi connectivity index (χ2v) is 8.15. The van der Waals surface area contributed by atoms with E-state index in [9.17, 15) is 9.59 Å². The third-order valence-electron chi connectivity index (χ3n) is 6.16. The average Bonchev–Trinajstić information content (AvgIpc) is 2.69. The van der Waals surface area contributed by atoms with Gasteiger partial charge >= 0.3 is 0 Å². The summed E-state index contributed by atoms with van der Waals surface area (Å²) >= 11 is 0. The highest BCUT2D eigenvalue weighted by atomic mass is 35.5. The maximum absolute atomic E-state index is 13.1. The molecular formula is C21H32ClN3O3. The number of amides is 2. The average molecular weight is 410 g/mol. The second-order valence-electron chi connectivity index (χ2n) is 8.15. The molecule has 2 atom stereocenters. The van der Waals surface area contributed by atoms with Crippen molar-refractivity contribution in [1.29, 1.82) is 0 Å². The van der Waals surface area contributed by atoms with Gasteiger partial charge in [0.05, 0.1) is 19.1 Å². The van der Waals surface area contributed by atoms with Gasteiger partial charge < -0.3 is 20.3 Å². The van der Waals surface area contributed by atoms with Gasteiger partial charge in [0.1, 0.15) is 5.75 Å². The first-order valence-electron chi connectivity index (χ1n) is 9.81. The summed E-state index contributed by atoms with van der Waals surface area (Å²) in [5.74, 6) is 0.676. The summed E-state index contributed by atoms with van der Waals surface area (Å²) in [5.41, 5.74) is 1.12. The molecule has 1 aromatic carbocycles. The van der Waals surface area contributed by atoms with Gasteiger partial charge in [-0.15, -0.1) is 12.4 Å². The van der Waals surface area contributed by atoms with Gasteiger partial charge in [-0.25, -0.2) is 0 Å². The molecule has 28 heavy (non-hydrogen) atoms. The lowest BCUT2D eigenvalue weighted by molar-refractivity contribution is -0.141. The Morgan fingerprint density at radius 1 is 1.29 bits per heavy atom. The molecule has 0 saturated carbocycles. The summed E-state index contributed by atoms with van der Waals surface area (Å²) in [4.78, 5) is 27.1. The smallest absolute Gasteiger partial charge is 0.225 e. The van der Waals surface area contributed by atoms with E-state index < -0.39 is 0 Å². The molecule has 1 aromatic rings. The number of rotatable bonds is 5. The molecule has 7 heteroatoms. The van der Waals surface area contributed by atoms with E-state index in [4.69, 9.17) is 4.74 Å². The Bertz CT molecular complexity index is 674. The lowest BCUT2D eigenvalue weighted by Gasteiger charge is -2.40. The Morgan fingerprint density at radius 2 is 1.93 bits per heavy atom. The molecule has 2 amide bonds. The van der Waals surface area contributed by atoms with E-state index in [1.807, 2.05) is 24.3 Å². The summed E-state index contributed by atoms with van der Waals surface area (Å²) < 4.78 is 5.23. The van der Waals surface area contributed by atoms with Crippen molar-refractivity contribution in [2.75, 3.05) is 33.8 Å². The first-order valence-corrected chi connectivity index (χ1v) is 9.81. The molecule has 3 rings (SSSR count). The van der Waals surface area contributed by atoms with Crippen molar-refractivity contribution in [1.82, 2.24) is 15.5 Å². The molecule has 0 aromatic heterocycles. The number of carbonyl (C=O) groups excluding carboxylic acids is 2. The number of methoxy groups -OCH3 is 1. The molecular weight excluding hydrogens is 378 g/mol. The third kappa shape index (κ3) is 4.97. The van der Waals surface area contributed by atoms with Crippen LogP contribution in [0.15, 0.2) is 24.3 Å². The number of nitrogens with zero attached hydrogens (tertiary/aromatic N) is 1. The lowest BCUT2D eigenvalue weighted by atomic mass is 9.80. The Balaban J connectivity index is 0.00000280. The van der Waals surface area contributed by atoms with Gasteiger partial charge in [-0.2, -0.15) is 0 Å². The van der Waals surface area contributed by atoms with Crippen LogP contribution in [0.2, 0.25) is 0 Å². The zero-order chi connectivity index (χ0) is 19.4. The van der Waals surface area contributed by atoms with Crippen molar-refractivity contribution in [3.63, 3.8) is 0 Å². The molecule has 6 nitrogen and oxygen atoms in total. The fourth-order valence-electron chi connectivity index (χ4n) is 4.21. The van der Waals surface area contributed by atoms with E-state index in [-0.39, 0.29) is 41.6 Å². The Hall–Kier alpha value is -1.79. The van der Waals surface area contributed by atoms with E-state index in [0.717, 1.165) is 37.2 Å². The molecule has 2 aliphatic heterocycles. The highest BCUT2D eigenvalue weighted by Gasteiger charge is 2.39. The minimum atomic E-state index is -0.238. The van der Waals surface area contributed by atoms with Crippen LogP contribution in [0.4, 0.5) is 0 Å². The van der Waals surface area contributed by atoms with Crippen LogP contribution in [0.1, 0.15) is 44.2 Å². The molecule has 2 fully saturated rings. The van der Waals surface area contributed by atoms with Gasteiger partial charge in [-0.1, -0.05) is 19.1 Å². The first kappa shape index (κ1) is 22.5. The molecule has 0 radical (unpaired) electrons. The second kappa shape index (κ2) is 9.61. The summed E-state index contributed by atoms with van der Waals surface area (Å²) in [6, 6.07) is 7.43. The van der Waals surface area contributed by atoms with Crippen molar-refractivity contribution in [3.8, 4) is 5.75 Å². The van der Waals surface area contributed by atoms with Gasteiger partial charge in [0.25, 0.3) is 0 Å². The summed E-state index contributed by atoms with van der Waals surface area (Å²) in [5, 5.41) is 6.56. The van der Waals surface area contributed by atoms with Crippen molar-refractivity contribution in [2.45, 2.75) is 38.6 Å². The van der Waals surface area contributed by atoms with Crippen molar-refractivity contribution >= 4 is 24.2 Å². The summed E-state index contributed by atoms with van der Waals surface area (Å²) in [6.07, 6.45) is 3.14. The third-order valence-corrected chi connectivity index (χ3v) is 6.16. The van der Waals surface area contributed by atoms with Crippen LogP contribution in [-0.2, 0) is 9.59 Å². The number of hydrogen-bond donors (Lipinski definition) is 2. The number of hydrogen-bond acceptors (Lipinski definition) is 4. The minimum Gasteiger partial charge on any atom is -0.497 e. The number of halogens is 1. The van der Waals surface area contributed by atoms with Gasteiger partial charge in [0.15, 0.2) is 0 Å². The van der Waals surface area contributed by atoms with E-state index in [0.29, 0.717) is 19.4 Å².